The number of hydrazone groups is 1. The summed E-state index contributed by atoms with van der Waals surface area (Å²) in [5.74, 6) is 0.531. The van der Waals surface area contributed by atoms with Crippen molar-refractivity contribution in [2.75, 3.05) is 6.61 Å². The molecule has 0 fully saturated rings. The molecule has 8 nitrogen and oxygen atoms in total. The number of nitrogens with zero attached hydrogens (tertiary/aromatic N) is 1. The number of benzene rings is 4. The number of nitrogens with one attached hydrogen (secondary N) is 1. The fourth-order valence-corrected chi connectivity index (χ4v) is 4.33. The van der Waals surface area contributed by atoms with E-state index in [-0.39, 0.29) is 16.4 Å². The lowest BCUT2D eigenvalue weighted by Crippen LogP contribution is -2.17. The molecule has 9 heteroatoms. The predicted octanol–water partition coefficient (Wildman–Crippen LogP) is 5.20. The van der Waals surface area contributed by atoms with E-state index in [4.69, 9.17) is 13.7 Å². The maximum absolute atomic E-state index is 12.6. The zero-order valence-electron chi connectivity index (χ0n) is 20.6. The predicted molar refractivity (Wildman–Crippen MR) is 144 cm³/mol. The number of ether oxygens (including phenoxy) is 2. The van der Waals surface area contributed by atoms with Crippen LogP contribution in [0.1, 0.15) is 28.4 Å². The SMILES string of the molecule is CCOc1cc(/C=N\NC(=O)c2ccc(OCc3ccccc3)cc2)ccc1OS(=O)(=O)c1ccccc1. The first-order chi connectivity index (χ1) is 18.4. The van der Waals surface area contributed by atoms with E-state index in [1.807, 2.05) is 30.3 Å². The second-order valence-corrected chi connectivity index (χ2v) is 9.53. The van der Waals surface area contributed by atoms with Gasteiger partial charge in [0.05, 0.1) is 12.8 Å². The van der Waals surface area contributed by atoms with Gasteiger partial charge in [-0.3, -0.25) is 4.79 Å². The zero-order chi connectivity index (χ0) is 26.8. The molecular weight excluding hydrogens is 504 g/mol. The average molecular weight is 531 g/mol. The molecule has 38 heavy (non-hydrogen) atoms. The minimum absolute atomic E-state index is 0.0339. The third kappa shape index (κ3) is 7.21. The second kappa shape index (κ2) is 12.6. The Hall–Kier alpha value is -4.63. The molecule has 194 valence electrons. The van der Waals surface area contributed by atoms with Crippen LogP contribution >= 0.6 is 0 Å². The lowest BCUT2D eigenvalue weighted by Gasteiger charge is -2.12. The molecule has 0 bridgehead atoms. The molecule has 1 N–H and O–H groups in total. The molecule has 0 saturated carbocycles. The summed E-state index contributed by atoms with van der Waals surface area (Å²) in [4.78, 5) is 12.5. The first-order valence-corrected chi connectivity index (χ1v) is 13.2. The Balaban J connectivity index is 1.37. The second-order valence-electron chi connectivity index (χ2n) is 7.99. The molecule has 0 atom stereocenters. The number of hydrogen-bond donors (Lipinski definition) is 1. The van der Waals surface area contributed by atoms with E-state index in [1.165, 1.54) is 24.4 Å². The van der Waals surface area contributed by atoms with Crippen molar-refractivity contribution in [3.63, 3.8) is 0 Å². The van der Waals surface area contributed by atoms with Crippen LogP contribution < -0.4 is 19.1 Å². The van der Waals surface area contributed by atoms with Crippen molar-refractivity contribution in [3.05, 3.63) is 120 Å². The molecule has 0 aromatic heterocycles. The molecule has 0 aliphatic rings. The smallest absolute Gasteiger partial charge is 0.339 e. The third-order valence-corrected chi connectivity index (χ3v) is 6.49. The van der Waals surface area contributed by atoms with Crippen LogP contribution in [0, 0.1) is 0 Å². The van der Waals surface area contributed by atoms with E-state index >= 15 is 0 Å². The fourth-order valence-electron chi connectivity index (χ4n) is 3.37. The van der Waals surface area contributed by atoms with Crippen molar-refractivity contribution < 1.29 is 26.9 Å². The fraction of sp³-hybridized carbons (Fsp3) is 0.103. The maximum atomic E-state index is 12.6. The summed E-state index contributed by atoms with van der Waals surface area (Å²) >= 11 is 0. The number of carbonyl (C=O) groups is 1. The highest BCUT2D eigenvalue weighted by atomic mass is 32.2. The van der Waals surface area contributed by atoms with Gasteiger partial charge < -0.3 is 13.7 Å². The molecule has 0 heterocycles. The third-order valence-electron chi connectivity index (χ3n) is 5.24. The minimum Gasteiger partial charge on any atom is -0.490 e. The van der Waals surface area contributed by atoms with Crippen molar-refractivity contribution in [2.45, 2.75) is 18.4 Å². The molecule has 0 radical (unpaired) electrons. The Morgan fingerprint density at radius 1 is 0.842 bits per heavy atom. The molecule has 0 spiro atoms. The molecule has 4 rings (SSSR count). The van der Waals surface area contributed by atoms with Crippen LogP contribution in [-0.2, 0) is 16.7 Å². The zero-order valence-corrected chi connectivity index (χ0v) is 21.4. The van der Waals surface area contributed by atoms with E-state index in [9.17, 15) is 13.2 Å². The Bertz CT molecular complexity index is 1490. The minimum atomic E-state index is -4.03. The highest BCUT2D eigenvalue weighted by Gasteiger charge is 2.19. The Kier molecular flexibility index (Phi) is 8.73. The number of amides is 1. The van der Waals surface area contributed by atoms with E-state index in [1.54, 1.807) is 61.5 Å². The van der Waals surface area contributed by atoms with Gasteiger partial charge >= 0.3 is 10.1 Å². The molecule has 0 aliphatic carbocycles. The lowest BCUT2D eigenvalue weighted by molar-refractivity contribution is 0.0955. The van der Waals surface area contributed by atoms with Crippen LogP contribution in [0.3, 0.4) is 0 Å². The van der Waals surface area contributed by atoms with Gasteiger partial charge in [0.15, 0.2) is 11.5 Å². The summed E-state index contributed by atoms with van der Waals surface area (Å²) in [5, 5.41) is 4.00. The van der Waals surface area contributed by atoms with E-state index in [2.05, 4.69) is 10.5 Å². The summed E-state index contributed by atoms with van der Waals surface area (Å²) in [5.41, 5.74) is 4.51. The van der Waals surface area contributed by atoms with Gasteiger partial charge in [-0.1, -0.05) is 48.5 Å². The van der Waals surface area contributed by atoms with E-state index in [0.717, 1.165) is 5.56 Å². The maximum Gasteiger partial charge on any atom is 0.339 e. The quantitative estimate of drug-likeness (QED) is 0.163. The van der Waals surface area contributed by atoms with Gasteiger partial charge in [0.2, 0.25) is 0 Å². The number of rotatable bonds is 11. The molecule has 1 amide bonds. The first-order valence-electron chi connectivity index (χ1n) is 11.8. The van der Waals surface area contributed by atoms with Gasteiger partial charge in [-0.05, 0) is 72.6 Å². The van der Waals surface area contributed by atoms with Crippen molar-refractivity contribution in [1.82, 2.24) is 5.43 Å². The van der Waals surface area contributed by atoms with Gasteiger partial charge in [0.1, 0.15) is 17.3 Å². The lowest BCUT2D eigenvalue weighted by atomic mass is 10.2. The van der Waals surface area contributed by atoms with Crippen molar-refractivity contribution >= 4 is 22.2 Å². The summed E-state index contributed by atoms with van der Waals surface area (Å²) < 4.78 is 41.8. The molecule has 4 aromatic rings. The topological polar surface area (TPSA) is 103 Å². The first kappa shape index (κ1) is 26.4. The van der Waals surface area contributed by atoms with Gasteiger partial charge in [-0.2, -0.15) is 13.5 Å². The van der Waals surface area contributed by atoms with E-state index in [0.29, 0.717) is 30.1 Å². The summed E-state index contributed by atoms with van der Waals surface area (Å²) in [7, 11) is -4.03. The number of carbonyl (C=O) groups excluding carboxylic acids is 1. The van der Waals surface area contributed by atoms with Gasteiger partial charge in [-0.15, -0.1) is 0 Å². The largest absolute Gasteiger partial charge is 0.490 e. The van der Waals surface area contributed by atoms with Crippen LogP contribution in [-0.4, -0.2) is 27.1 Å². The van der Waals surface area contributed by atoms with Crippen LogP contribution in [0.5, 0.6) is 17.2 Å². The van der Waals surface area contributed by atoms with Crippen molar-refractivity contribution in [2.24, 2.45) is 5.10 Å². The average Bonchev–Trinajstić information content (AvgIpc) is 2.94. The van der Waals surface area contributed by atoms with Crippen LogP contribution in [0.25, 0.3) is 0 Å². The van der Waals surface area contributed by atoms with Crippen LogP contribution in [0.4, 0.5) is 0 Å². The summed E-state index contributed by atoms with van der Waals surface area (Å²) in [6.07, 6.45) is 1.42. The van der Waals surface area contributed by atoms with Crippen molar-refractivity contribution in [1.29, 1.82) is 0 Å². The Morgan fingerprint density at radius 2 is 1.53 bits per heavy atom. The van der Waals surface area contributed by atoms with E-state index < -0.39 is 16.0 Å². The normalized spacial score (nSPS) is 11.2. The van der Waals surface area contributed by atoms with Crippen LogP contribution in [0.15, 0.2) is 113 Å². The summed E-state index contributed by atoms with van der Waals surface area (Å²) in [6.45, 7) is 2.50. The summed E-state index contributed by atoms with van der Waals surface area (Å²) in [6, 6.07) is 29.0. The monoisotopic (exact) mass is 530 g/mol. The van der Waals surface area contributed by atoms with Crippen LogP contribution in [0.2, 0.25) is 0 Å². The molecule has 0 saturated heterocycles. The number of hydrogen-bond acceptors (Lipinski definition) is 7. The highest BCUT2D eigenvalue weighted by Crippen LogP contribution is 2.30. The van der Waals surface area contributed by atoms with Gasteiger partial charge in [0, 0.05) is 5.56 Å². The molecule has 0 aliphatic heterocycles. The van der Waals surface area contributed by atoms with Gasteiger partial charge in [-0.25, -0.2) is 5.43 Å². The highest BCUT2D eigenvalue weighted by molar-refractivity contribution is 7.87. The standard InChI is InChI=1S/C29H26N2O6S/c1-2-35-28-19-23(13-18-27(28)37-38(33,34)26-11-7-4-8-12-26)20-30-31-29(32)24-14-16-25(17-15-24)36-21-22-9-5-3-6-10-22/h3-20H,2,21H2,1H3,(H,31,32)/b30-20-. The molecular formula is C29H26N2O6S. The molecule has 0 unspecified atom stereocenters. The van der Waals surface area contributed by atoms with Gasteiger partial charge in [0.25, 0.3) is 5.91 Å². The Morgan fingerprint density at radius 3 is 2.21 bits per heavy atom. The molecule has 4 aromatic carbocycles. The van der Waals surface area contributed by atoms with Crippen molar-refractivity contribution in [3.8, 4) is 17.2 Å². The Labute approximate surface area is 221 Å².